The van der Waals surface area contributed by atoms with Crippen LogP contribution >= 0.6 is 11.6 Å². The molecule has 1 atom stereocenters. The minimum absolute atomic E-state index is 0.0618. The molecule has 178 valence electrons. The molecule has 3 aliphatic heterocycles. The van der Waals surface area contributed by atoms with Crippen LogP contribution in [-0.4, -0.2) is 71.3 Å². The van der Waals surface area contributed by atoms with E-state index in [0.29, 0.717) is 18.2 Å². The van der Waals surface area contributed by atoms with Crippen molar-refractivity contribution in [2.75, 3.05) is 32.8 Å². The summed E-state index contributed by atoms with van der Waals surface area (Å²) in [6.07, 6.45) is -1.28. The van der Waals surface area contributed by atoms with E-state index in [1.165, 1.54) is 6.07 Å². The molecule has 0 aromatic heterocycles. The standard InChI is InChI=1S/C19H24ClFN2O2.C2HF3O2/c20-16-4-3-14(10-17(16)21)11-22-12-19(13-22)15(6-9-25-19)5-8-23-7-1-2-18(23)24;3-2(4,5)1(6)7/h3-4,10,15H,1-2,5-9,11-13H2;(H,6,7). The normalized spacial score (nSPS) is 22.6. The van der Waals surface area contributed by atoms with Crippen LogP contribution in [0.4, 0.5) is 17.6 Å². The average Bonchev–Trinajstić information content (AvgIpc) is 3.28. The monoisotopic (exact) mass is 480 g/mol. The lowest BCUT2D eigenvalue weighted by atomic mass is 9.78. The number of hydrogen-bond donors (Lipinski definition) is 1. The second kappa shape index (κ2) is 9.93. The molecular weight excluding hydrogens is 456 g/mol. The number of halogens is 5. The third-order valence-corrected chi connectivity index (χ3v) is 6.44. The van der Waals surface area contributed by atoms with E-state index in [2.05, 4.69) is 4.90 Å². The predicted octanol–water partition coefficient (Wildman–Crippen LogP) is 3.72. The van der Waals surface area contributed by atoms with Crippen molar-refractivity contribution in [3.8, 4) is 0 Å². The third kappa shape index (κ3) is 5.90. The summed E-state index contributed by atoms with van der Waals surface area (Å²) in [5, 5.41) is 7.29. The van der Waals surface area contributed by atoms with Gasteiger partial charge < -0.3 is 14.7 Å². The zero-order chi connectivity index (χ0) is 23.5. The second-order valence-electron chi connectivity index (χ2n) is 8.37. The summed E-state index contributed by atoms with van der Waals surface area (Å²) in [5.41, 5.74) is 0.877. The molecule has 4 rings (SSSR count). The lowest BCUT2D eigenvalue weighted by molar-refractivity contribution is -0.192. The van der Waals surface area contributed by atoms with Crippen LogP contribution < -0.4 is 0 Å². The van der Waals surface area contributed by atoms with Crippen molar-refractivity contribution in [2.24, 2.45) is 5.92 Å². The van der Waals surface area contributed by atoms with E-state index in [1.807, 2.05) is 11.0 Å². The van der Waals surface area contributed by atoms with E-state index >= 15 is 0 Å². The van der Waals surface area contributed by atoms with Gasteiger partial charge >= 0.3 is 12.1 Å². The average molecular weight is 481 g/mol. The molecule has 32 heavy (non-hydrogen) atoms. The summed E-state index contributed by atoms with van der Waals surface area (Å²) >= 11 is 5.74. The Balaban J connectivity index is 0.000000360. The smallest absolute Gasteiger partial charge is 0.475 e. The van der Waals surface area contributed by atoms with E-state index < -0.39 is 12.1 Å². The molecule has 1 aromatic rings. The molecule has 11 heteroatoms. The largest absolute Gasteiger partial charge is 0.490 e. The summed E-state index contributed by atoms with van der Waals surface area (Å²) in [5.74, 6) is -2.31. The Morgan fingerprint density at radius 2 is 2.00 bits per heavy atom. The zero-order valence-corrected chi connectivity index (χ0v) is 18.1. The van der Waals surface area contributed by atoms with Gasteiger partial charge in [0.05, 0.1) is 10.6 Å². The summed E-state index contributed by atoms with van der Waals surface area (Å²) in [4.78, 5) is 25.0. The predicted molar refractivity (Wildman–Crippen MR) is 108 cm³/mol. The number of carboxylic acid groups (broad SMARTS) is 1. The first-order chi connectivity index (χ1) is 15.0. The number of carboxylic acids is 1. The lowest BCUT2D eigenvalue weighted by Crippen LogP contribution is -2.64. The molecule has 3 fully saturated rings. The van der Waals surface area contributed by atoms with Crippen molar-refractivity contribution in [3.63, 3.8) is 0 Å². The van der Waals surface area contributed by atoms with Gasteiger partial charge in [-0.1, -0.05) is 17.7 Å². The maximum atomic E-state index is 13.6. The highest BCUT2D eigenvalue weighted by Gasteiger charge is 2.52. The van der Waals surface area contributed by atoms with Gasteiger partial charge in [-0.15, -0.1) is 0 Å². The minimum atomic E-state index is -5.08. The zero-order valence-electron chi connectivity index (χ0n) is 17.3. The molecule has 1 amide bonds. The number of amides is 1. The first kappa shape index (κ1) is 24.7. The van der Waals surface area contributed by atoms with E-state index in [-0.39, 0.29) is 16.4 Å². The molecule has 6 nitrogen and oxygen atoms in total. The quantitative estimate of drug-likeness (QED) is 0.651. The van der Waals surface area contributed by atoms with Crippen LogP contribution in [0.3, 0.4) is 0 Å². The fourth-order valence-electron chi connectivity index (χ4n) is 4.51. The van der Waals surface area contributed by atoms with Crippen LogP contribution in [0.25, 0.3) is 0 Å². The molecule has 1 N–H and O–H groups in total. The van der Waals surface area contributed by atoms with E-state index in [1.54, 1.807) is 6.07 Å². The van der Waals surface area contributed by atoms with Gasteiger partial charge in [-0.2, -0.15) is 13.2 Å². The van der Waals surface area contributed by atoms with Crippen molar-refractivity contribution in [1.82, 2.24) is 9.80 Å². The van der Waals surface area contributed by atoms with Crippen LogP contribution in [0.5, 0.6) is 0 Å². The van der Waals surface area contributed by atoms with Crippen molar-refractivity contribution < 1.29 is 37.0 Å². The number of ether oxygens (including phenoxy) is 1. The minimum Gasteiger partial charge on any atom is -0.475 e. The van der Waals surface area contributed by atoms with Crippen LogP contribution in [0.15, 0.2) is 18.2 Å². The molecule has 1 spiro atoms. The number of nitrogens with zero attached hydrogens (tertiary/aromatic N) is 2. The Hall–Kier alpha value is -1.91. The number of aliphatic carboxylic acids is 1. The van der Waals surface area contributed by atoms with Gasteiger partial charge in [0.25, 0.3) is 0 Å². The number of benzene rings is 1. The third-order valence-electron chi connectivity index (χ3n) is 6.13. The number of likely N-dealkylation sites (tertiary alicyclic amines) is 2. The Morgan fingerprint density at radius 3 is 2.56 bits per heavy atom. The molecule has 0 saturated carbocycles. The molecule has 0 radical (unpaired) electrons. The second-order valence-corrected chi connectivity index (χ2v) is 8.78. The molecular formula is C21H25ClF4N2O4. The lowest BCUT2D eigenvalue weighted by Gasteiger charge is -2.50. The molecule has 1 aromatic carbocycles. The van der Waals surface area contributed by atoms with Crippen LogP contribution in [0.1, 0.15) is 31.2 Å². The van der Waals surface area contributed by atoms with Crippen molar-refractivity contribution >= 4 is 23.5 Å². The number of carbonyl (C=O) groups excluding carboxylic acids is 1. The SMILES string of the molecule is O=C(O)C(F)(F)F.O=C1CCCN1CCC1CCOC12CN(Cc1ccc(Cl)c(F)c1)C2. The van der Waals surface area contributed by atoms with Crippen molar-refractivity contribution in [2.45, 2.75) is 44.0 Å². The Labute approximate surface area is 188 Å². The maximum Gasteiger partial charge on any atom is 0.490 e. The summed E-state index contributed by atoms with van der Waals surface area (Å²) in [6, 6.07) is 5.01. The van der Waals surface area contributed by atoms with Gasteiger partial charge in [0.15, 0.2) is 0 Å². The number of hydrogen-bond acceptors (Lipinski definition) is 4. The fourth-order valence-corrected chi connectivity index (χ4v) is 4.63. The van der Waals surface area contributed by atoms with E-state index in [0.717, 1.165) is 64.2 Å². The van der Waals surface area contributed by atoms with Gasteiger partial charge in [0.2, 0.25) is 5.91 Å². The van der Waals surface area contributed by atoms with Gasteiger partial charge in [0, 0.05) is 45.8 Å². The molecule has 1 unspecified atom stereocenters. The maximum absolute atomic E-state index is 13.6. The molecule has 0 bridgehead atoms. The van der Waals surface area contributed by atoms with E-state index in [9.17, 15) is 22.4 Å². The van der Waals surface area contributed by atoms with Gasteiger partial charge in [-0.3, -0.25) is 9.69 Å². The highest BCUT2D eigenvalue weighted by atomic mass is 35.5. The fraction of sp³-hybridized carbons (Fsp3) is 0.619. The molecule has 3 saturated heterocycles. The Kier molecular flexibility index (Phi) is 7.67. The highest BCUT2D eigenvalue weighted by molar-refractivity contribution is 6.30. The van der Waals surface area contributed by atoms with Gasteiger partial charge in [0.1, 0.15) is 5.82 Å². The first-order valence-corrected chi connectivity index (χ1v) is 10.8. The van der Waals surface area contributed by atoms with Crippen LogP contribution in [-0.2, 0) is 20.9 Å². The number of rotatable bonds is 5. The first-order valence-electron chi connectivity index (χ1n) is 10.4. The van der Waals surface area contributed by atoms with Gasteiger partial charge in [-0.05, 0) is 42.9 Å². The van der Waals surface area contributed by atoms with Crippen LogP contribution in [0.2, 0.25) is 5.02 Å². The topological polar surface area (TPSA) is 70.1 Å². The molecule has 3 aliphatic rings. The molecule has 0 aliphatic carbocycles. The highest BCUT2D eigenvalue weighted by Crippen LogP contribution is 2.42. The summed E-state index contributed by atoms with van der Waals surface area (Å²) < 4.78 is 51.4. The molecule has 3 heterocycles. The Morgan fingerprint density at radius 1 is 1.31 bits per heavy atom. The number of carbonyl (C=O) groups is 2. The van der Waals surface area contributed by atoms with Crippen LogP contribution in [0, 0.1) is 11.7 Å². The van der Waals surface area contributed by atoms with E-state index in [4.69, 9.17) is 26.2 Å². The summed E-state index contributed by atoms with van der Waals surface area (Å²) in [7, 11) is 0. The van der Waals surface area contributed by atoms with Crippen molar-refractivity contribution in [3.05, 3.63) is 34.6 Å². The Bertz CT molecular complexity index is 846. The number of alkyl halides is 3. The van der Waals surface area contributed by atoms with Crippen molar-refractivity contribution in [1.29, 1.82) is 0 Å². The van der Waals surface area contributed by atoms with Gasteiger partial charge in [-0.25, -0.2) is 9.18 Å². The summed E-state index contributed by atoms with van der Waals surface area (Å²) in [6.45, 7) is 5.06.